The molecule has 1 fully saturated rings. The van der Waals surface area contributed by atoms with Gasteiger partial charge < -0.3 is 10.6 Å². The molecule has 0 spiro atoms. The van der Waals surface area contributed by atoms with E-state index in [9.17, 15) is 0 Å². The molecule has 86 valence electrons. The standard InChI is InChI=1S/C11H17N5/c1-7-8(2)14-15-11(9(7)10(12)13)16-5-3-4-6-16/h3-6H2,1-2H3,(H3,12,13). The second-order valence-corrected chi connectivity index (χ2v) is 4.22. The third-order valence-corrected chi connectivity index (χ3v) is 3.11. The Labute approximate surface area is 95.2 Å². The van der Waals surface area contributed by atoms with Crippen LogP contribution in [0.1, 0.15) is 29.7 Å². The van der Waals surface area contributed by atoms with Gasteiger partial charge in [0.15, 0.2) is 5.82 Å². The molecule has 0 saturated carbocycles. The molecular weight excluding hydrogens is 202 g/mol. The first-order chi connectivity index (χ1) is 7.61. The molecule has 5 heteroatoms. The molecule has 0 radical (unpaired) electrons. The molecule has 1 aromatic rings. The summed E-state index contributed by atoms with van der Waals surface area (Å²) in [6, 6.07) is 0. The molecule has 16 heavy (non-hydrogen) atoms. The second kappa shape index (κ2) is 4.08. The molecule has 2 heterocycles. The van der Waals surface area contributed by atoms with E-state index in [0.717, 1.165) is 35.7 Å². The van der Waals surface area contributed by atoms with E-state index in [1.807, 2.05) is 13.8 Å². The molecule has 3 N–H and O–H groups in total. The Morgan fingerprint density at radius 2 is 1.88 bits per heavy atom. The molecule has 1 aliphatic heterocycles. The Balaban J connectivity index is 2.51. The molecule has 0 aliphatic carbocycles. The summed E-state index contributed by atoms with van der Waals surface area (Å²) in [5.74, 6) is 0.852. The van der Waals surface area contributed by atoms with Gasteiger partial charge in [0.25, 0.3) is 0 Å². The number of amidine groups is 1. The summed E-state index contributed by atoms with van der Waals surface area (Å²) in [6.07, 6.45) is 2.35. The zero-order chi connectivity index (χ0) is 11.7. The fourth-order valence-electron chi connectivity index (χ4n) is 2.07. The van der Waals surface area contributed by atoms with Gasteiger partial charge >= 0.3 is 0 Å². The minimum Gasteiger partial charge on any atom is -0.384 e. The Bertz CT molecular complexity index is 421. The monoisotopic (exact) mass is 219 g/mol. The third kappa shape index (κ3) is 1.73. The van der Waals surface area contributed by atoms with Crippen LogP contribution >= 0.6 is 0 Å². The van der Waals surface area contributed by atoms with Crippen LogP contribution in [0.15, 0.2) is 0 Å². The third-order valence-electron chi connectivity index (χ3n) is 3.11. The summed E-state index contributed by atoms with van der Waals surface area (Å²) in [7, 11) is 0. The number of aromatic nitrogens is 2. The fraction of sp³-hybridized carbons (Fsp3) is 0.545. The molecule has 0 bridgehead atoms. The van der Waals surface area contributed by atoms with Gasteiger partial charge in [0.1, 0.15) is 5.84 Å². The summed E-state index contributed by atoms with van der Waals surface area (Å²) in [4.78, 5) is 2.16. The van der Waals surface area contributed by atoms with E-state index in [1.54, 1.807) is 0 Å². The zero-order valence-corrected chi connectivity index (χ0v) is 9.75. The number of rotatable bonds is 2. The van der Waals surface area contributed by atoms with Gasteiger partial charge in [-0.15, -0.1) is 5.10 Å². The number of nitrogens with one attached hydrogen (secondary N) is 1. The first-order valence-electron chi connectivity index (χ1n) is 5.54. The number of aryl methyl sites for hydroxylation is 1. The van der Waals surface area contributed by atoms with E-state index in [0.29, 0.717) is 0 Å². The number of nitrogens with two attached hydrogens (primary N) is 1. The van der Waals surface area contributed by atoms with Crippen LogP contribution in [0.4, 0.5) is 5.82 Å². The van der Waals surface area contributed by atoms with Crippen LogP contribution in [0, 0.1) is 19.3 Å². The van der Waals surface area contributed by atoms with Gasteiger partial charge in [-0.05, 0) is 32.3 Å². The van der Waals surface area contributed by atoms with Crippen LogP contribution in [-0.2, 0) is 0 Å². The molecule has 5 nitrogen and oxygen atoms in total. The molecule has 2 rings (SSSR count). The Kier molecular flexibility index (Phi) is 2.77. The highest BCUT2D eigenvalue weighted by atomic mass is 15.3. The molecule has 1 aliphatic rings. The summed E-state index contributed by atoms with van der Waals surface area (Å²) in [5.41, 5.74) is 8.19. The number of hydrogen-bond donors (Lipinski definition) is 2. The topological polar surface area (TPSA) is 78.9 Å². The summed E-state index contributed by atoms with van der Waals surface area (Å²) in [5, 5.41) is 16.0. The van der Waals surface area contributed by atoms with Crippen molar-refractivity contribution < 1.29 is 0 Å². The average Bonchev–Trinajstić information content (AvgIpc) is 2.74. The molecule has 0 amide bonds. The number of nitrogens with zero attached hydrogens (tertiary/aromatic N) is 3. The van der Waals surface area contributed by atoms with Gasteiger partial charge in [0.05, 0.1) is 11.3 Å². The lowest BCUT2D eigenvalue weighted by Gasteiger charge is -2.20. The minimum absolute atomic E-state index is 0.0809. The quantitative estimate of drug-likeness (QED) is 0.574. The van der Waals surface area contributed by atoms with Crippen molar-refractivity contribution in [2.75, 3.05) is 18.0 Å². The average molecular weight is 219 g/mol. The number of nitrogen functional groups attached to an aromatic ring is 1. The Morgan fingerprint density at radius 1 is 1.25 bits per heavy atom. The van der Waals surface area contributed by atoms with Gasteiger partial charge in [-0.2, -0.15) is 5.10 Å². The smallest absolute Gasteiger partial charge is 0.162 e. The largest absolute Gasteiger partial charge is 0.384 e. The molecule has 0 aromatic carbocycles. The van der Waals surface area contributed by atoms with Crippen molar-refractivity contribution in [3.05, 3.63) is 16.8 Å². The van der Waals surface area contributed by atoms with Crippen molar-refractivity contribution in [3.8, 4) is 0 Å². The van der Waals surface area contributed by atoms with E-state index in [4.69, 9.17) is 11.1 Å². The first kappa shape index (κ1) is 10.9. The van der Waals surface area contributed by atoms with Gasteiger partial charge in [0.2, 0.25) is 0 Å². The van der Waals surface area contributed by atoms with Crippen LogP contribution in [0.2, 0.25) is 0 Å². The highest BCUT2D eigenvalue weighted by Crippen LogP contribution is 2.24. The Hall–Kier alpha value is -1.65. The van der Waals surface area contributed by atoms with Crippen LogP contribution in [0.5, 0.6) is 0 Å². The van der Waals surface area contributed by atoms with Crippen molar-refractivity contribution in [2.24, 2.45) is 5.73 Å². The van der Waals surface area contributed by atoms with Crippen LogP contribution in [-0.4, -0.2) is 29.1 Å². The molecule has 0 atom stereocenters. The predicted molar refractivity (Wildman–Crippen MR) is 64.0 cm³/mol. The highest BCUT2D eigenvalue weighted by Gasteiger charge is 2.21. The SMILES string of the molecule is Cc1nnc(N2CCCC2)c(C(=N)N)c1C. The van der Waals surface area contributed by atoms with E-state index in [2.05, 4.69) is 15.1 Å². The summed E-state index contributed by atoms with van der Waals surface area (Å²) in [6.45, 7) is 5.80. The maximum Gasteiger partial charge on any atom is 0.162 e. The molecule has 1 saturated heterocycles. The molecule has 1 aromatic heterocycles. The van der Waals surface area contributed by atoms with Gasteiger partial charge in [-0.1, -0.05) is 0 Å². The zero-order valence-electron chi connectivity index (χ0n) is 9.75. The lowest BCUT2D eigenvalue weighted by Crippen LogP contribution is -2.26. The summed E-state index contributed by atoms with van der Waals surface area (Å²) < 4.78 is 0. The maximum atomic E-state index is 7.66. The first-order valence-corrected chi connectivity index (χ1v) is 5.54. The predicted octanol–water partition coefficient (Wildman–Crippen LogP) is 0.978. The van der Waals surface area contributed by atoms with E-state index >= 15 is 0 Å². The number of anilines is 1. The van der Waals surface area contributed by atoms with Crippen LogP contribution in [0.25, 0.3) is 0 Å². The number of hydrogen-bond acceptors (Lipinski definition) is 4. The molecule has 0 unspecified atom stereocenters. The lowest BCUT2D eigenvalue weighted by atomic mass is 10.1. The second-order valence-electron chi connectivity index (χ2n) is 4.22. The van der Waals surface area contributed by atoms with Crippen molar-refractivity contribution in [2.45, 2.75) is 26.7 Å². The van der Waals surface area contributed by atoms with Crippen LogP contribution < -0.4 is 10.6 Å². The van der Waals surface area contributed by atoms with Crippen molar-refractivity contribution >= 4 is 11.7 Å². The van der Waals surface area contributed by atoms with Gasteiger partial charge in [-0.25, -0.2) is 0 Å². The van der Waals surface area contributed by atoms with Crippen molar-refractivity contribution in [1.29, 1.82) is 5.41 Å². The Morgan fingerprint density at radius 3 is 2.44 bits per heavy atom. The lowest BCUT2D eigenvalue weighted by molar-refractivity contribution is 0.867. The normalized spacial score (nSPS) is 15.5. The highest BCUT2D eigenvalue weighted by molar-refractivity contribution is 6.01. The maximum absolute atomic E-state index is 7.66. The molecular formula is C11H17N5. The van der Waals surface area contributed by atoms with E-state index in [-0.39, 0.29) is 5.84 Å². The fourth-order valence-corrected chi connectivity index (χ4v) is 2.07. The van der Waals surface area contributed by atoms with Crippen molar-refractivity contribution in [1.82, 2.24) is 10.2 Å². The van der Waals surface area contributed by atoms with Crippen LogP contribution in [0.3, 0.4) is 0 Å². The van der Waals surface area contributed by atoms with E-state index in [1.165, 1.54) is 12.8 Å². The van der Waals surface area contributed by atoms with E-state index < -0.39 is 0 Å². The van der Waals surface area contributed by atoms with Gasteiger partial charge in [-0.3, -0.25) is 5.41 Å². The van der Waals surface area contributed by atoms with Gasteiger partial charge in [0, 0.05) is 13.1 Å². The van der Waals surface area contributed by atoms with Crippen molar-refractivity contribution in [3.63, 3.8) is 0 Å². The minimum atomic E-state index is 0.0809. The summed E-state index contributed by atoms with van der Waals surface area (Å²) >= 11 is 0.